The number of likely N-dealkylation sites (N-methyl/N-ethyl adjacent to an activating group) is 1. The Morgan fingerprint density at radius 2 is 1.80 bits per heavy atom. The number of hydrogen-bond donors (Lipinski definition) is 0. The summed E-state index contributed by atoms with van der Waals surface area (Å²) in [6.45, 7) is 1.44. The summed E-state index contributed by atoms with van der Waals surface area (Å²) in [6.07, 6.45) is 0. The molecule has 0 bridgehead atoms. The average Bonchev–Trinajstić information content (AvgIpc) is 1.78. The van der Waals surface area contributed by atoms with Crippen LogP contribution in [0.2, 0.25) is 0 Å². The molecule has 62 valence electrons. The van der Waals surface area contributed by atoms with Gasteiger partial charge in [-0.2, -0.15) is 0 Å². The Bertz CT molecular complexity index is 80.2. The normalized spacial score (nSPS) is 12.0. The van der Waals surface area contributed by atoms with Crippen molar-refractivity contribution in [1.82, 2.24) is 0 Å². The molecule has 0 saturated carbocycles. The summed E-state index contributed by atoms with van der Waals surface area (Å²) in [5, 5.41) is 0. The number of quaternary nitrogens is 1. The molecule has 0 radical (unpaired) electrons. The molecule has 0 fully saturated rings. The third kappa shape index (κ3) is 7.85. The number of ether oxygens (including phenoxy) is 1. The lowest BCUT2D eigenvalue weighted by Crippen LogP contribution is -2.37. The molecule has 0 aromatic carbocycles. The van der Waals surface area contributed by atoms with E-state index in [1.54, 1.807) is 0 Å². The molecule has 2 nitrogen and oxygen atoms in total. The Kier molecular flexibility index (Phi) is 4.56. The van der Waals surface area contributed by atoms with E-state index in [1.807, 2.05) is 0 Å². The molecular formula is C7H17FNO+. The van der Waals surface area contributed by atoms with Crippen molar-refractivity contribution in [3.63, 3.8) is 0 Å². The van der Waals surface area contributed by atoms with E-state index < -0.39 is 0 Å². The van der Waals surface area contributed by atoms with Crippen LogP contribution in [0.1, 0.15) is 0 Å². The zero-order valence-electron chi connectivity index (χ0n) is 7.06. The minimum atomic E-state index is -0.378. The van der Waals surface area contributed by atoms with Gasteiger partial charge in [-0.1, -0.05) is 0 Å². The quantitative estimate of drug-likeness (QED) is 0.412. The zero-order chi connectivity index (χ0) is 8.04. The van der Waals surface area contributed by atoms with Gasteiger partial charge < -0.3 is 9.22 Å². The summed E-state index contributed by atoms with van der Waals surface area (Å²) < 4.78 is 17.3. The lowest BCUT2D eigenvalue weighted by atomic mass is 10.5. The molecule has 0 heterocycles. The van der Waals surface area contributed by atoms with Crippen LogP contribution in [0.5, 0.6) is 0 Å². The van der Waals surface area contributed by atoms with Crippen molar-refractivity contribution in [2.75, 3.05) is 47.6 Å². The van der Waals surface area contributed by atoms with Crippen molar-refractivity contribution >= 4 is 0 Å². The molecule has 0 aromatic rings. The van der Waals surface area contributed by atoms with Gasteiger partial charge >= 0.3 is 0 Å². The molecule has 0 atom stereocenters. The van der Waals surface area contributed by atoms with Gasteiger partial charge in [-0.15, -0.1) is 0 Å². The van der Waals surface area contributed by atoms with E-state index in [-0.39, 0.29) is 13.3 Å². The van der Waals surface area contributed by atoms with Crippen LogP contribution in [0.15, 0.2) is 0 Å². The lowest BCUT2D eigenvalue weighted by molar-refractivity contribution is -0.870. The third-order valence-corrected chi connectivity index (χ3v) is 1.13. The van der Waals surface area contributed by atoms with E-state index in [2.05, 4.69) is 21.1 Å². The fraction of sp³-hybridized carbons (Fsp3) is 1.00. The molecule has 0 saturated heterocycles. The highest BCUT2D eigenvalue weighted by Gasteiger charge is 2.04. The number of rotatable bonds is 5. The predicted molar refractivity (Wildman–Crippen MR) is 39.7 cm³/mol. The Balaban J connectivity index is 3.04. The van der Waals surface area contributed by atoms with E-state index in [1.165, 1.54) is 0 Å². The molecule has 0 N–H and O–H groups in total. The first kappa shape index (κ1) is 9.85. The molecule has 0 spiro atoms. The second-order valence-electron chi connectivity index (χ2n) is 3.32. The van der Waals surface area contributed by atoms with E-state index in [9.17, 15) is 4.39 Å². The highest BCUT2D eigenvalue weighted by Crippen LogP contribution is 1.88. The van der Waals surface area contributed by atoms with Gasteiger partial charge in [-0.3, -0.25) is 0 Å². The Labute approximate surface area is 62.2 Å². The van der Waals surface area contributed by atoms with Crippen LogP contribution in [0.3, 0.4) is 0 Å². The molecule has 10 heavy (non-hydrogen) atoms. The maximum Gasteiger partial charge on any atom is 0.113 e. The first-order chi connectivity index (χ1) is 4.56. The van der Waals surface area contributed by atoms with Crippen molar-refractivity contribution in [3.05, 3.63) is 0 Å². The number of alkyl halides is 1. The van der Waals surface area contributed by atoms with Crippen molar-refractivity contribution in [2.24, 2.45) is 0 Å². The minimum absolute atomic E-state index is 0.236. The van der Waals surface area contributed by atoms with Gasteiger partial charge in [0.2, 0.25) is 0 Å². The molecule has 0 amide bonds. The zero-order valence-corrected chi connectivity index (χ0v) is 7.06. The molecule has 0 aromatic heterocycles. The van der Waals surface area contributed by atoms with Crippen LogP contribution in [0, 0.1) is 0 Å². The Morgan fingerprint density at radius 3 is 2.20 bits per heavy atom. The standard InChI is InChI=1S/C7H17FNO/c1-9(2,3)5-7-10-6-4-8/h4-7H2,1-3H3/q+1/i8-1. The Hall–Kier alpha value is -0.150. The molecule has 0 aliphatic rings. The van der Waals surface area contributed by atoms with Gasteiger partial charge in [0.05, 0.1) is 34.4 Å². The fourth-order valence-electron chi connectivity index (χ4n) is 0.495. The maximum absolute atomic E-state index is 11.5. The van der Waals surface area contributed by atoms with Crippen LogP contribution in [-0.4, -0.2) is 52.1 Å². The number of halogens is 1. The second kappa shape index (κ2) is 4.63. The molecular weight excluding hydrogens is 132 g/mol. The molecule has 0 aliphatic carbocycles. The van der Waals surface area contributed by atoms with Crippen molar-refractivity contribution in [2.45, 2.75) is 0 Å². The van der Waals surface area contributed by atoms with E-state index in [0.717, 1.165) is 11.0 Å². The highest BCUT2D eigenvalue weighted by molar-refractivity contribution is 4.29. The summed E-state index contributed by atoms with van der Waals surface area (Å²) in [4.78, 5) is 0. The van der Waals surface area contributed by atoms with Gasteiger partial charge in [-0.05, 0) is 0 Å². The van der Waals surface area contributed by atoms with Gasteiger partial charge in [0.1, 0.15) is 13.2 Å². The highest BCUT2D eigenvalue weighted by atomic mass is 18.2. The average molecular weight is 149 g/mol. The molecule has 0 aliphatic heterocycles. The van der Waals surface area contributed by atoms with Gasteiger partial charge in [0, 0.05) is 0 Å². The van der Waals surface area contributed by atoms with Crippen LogP contribution in [-0.2, 0) is 4.74 Å². The molecule has 0 unspecified atom stereocenters. The maximum atomic E-state index is 11.5. The van der Waals surface area contributed by atoms with Crippen molar-refractivity contribution in [1.29, 1.82) is 0 Å². The minimum Gasteiger partial charge on any atom is -0.373 e. The smallest absolute Gasteiger partial charge is 0.113 e. The predicted octanol–water partition coefficient (Wildman–Crippen LogP) is 0.679. The summed E-state index contributed by atoms with van der Waals surface area (Å²) in [7, 11) is 6.25. The SMILES string of the molecule is C[N+](C)(C)CCOCC[18F]. The van der Waals surface area contributed by atoms with Crippen LogP contribution < -0.4 is 0 Å². The topological polar surface area (TPSA) is 9.23 Å². The fourth-order valence-corrected chi connectivity index (χ4v) is 0.495. The van der Waals surface area contributed by atoms with Crippen LogP contribution >= 0.6 is 0 Å². The van der Waals surface area contributed by atoms with Gasteiger partial charge in [0.15, 0.2) is 0 Å². The Morgan fingerprint density at radius 1 is 1.20 bits per heavy atom. The third-order valence-electron chi connectivity index (χ3n) is 1.13. The van der Waals surface area contributed by atoms with Gasteiger partial charge in [-0.25, -0.2) is 4.39 Å². The van der Waals surface area contributed by atoms with E-state index in [0.29, 0.717) is 6.61 Å². The summed E-state index contributed by atoms with van der Waals surface area (Å²) in [5.41, 5.74) is 0. The monoisotopic (exact) mass is 149 g/mol. The molecule has 0 rings (SSSR count). The van der Waals surface area contributed by atoms with Crippen LogP contribution in [0.25, 0.3) is 0 Å². The lowest BCUT2D eigenvalue weighted by Gasteiger charge is -2.23. The molecule has 3 heteroatoms. The van der Waals surface area contributed by atoms with Crippen molar-refractivity contribution in [3.8, 4) is 0 Å². The van der Waals surface area contributed by atoms with Crippen LogP contribution in [0.4, 0.5) is 4.39 Å². The van der Waals surface area contributed by atoms with Crippen molar-refractivity contribution < 1.29 is 13.6 Å². The van der Waals surface area contributed by atoms with E-state index >= 15 is 0 Å². The number of nitrogens with zero attached hydrogens (tertiary/aromatic N) is 1. The first-order valence-corrected chi connectivity index (χ1v) is 3.50. The summed E-state index contributed by atoms with van der Waals surface area (Å²) >= 11 is 0. The van der Waals surface area contributed by atoms with E-state index in [4.69, 9.17) is 4.74 Å². The summed E-state index contributed by atoms with van der Waals surface area (Å²) in [6, 6.07) is 0. The number of hydrogen-bond acceptors (Lipinski definition) is 1. The first-order valence-electron chi connectivity index (χ1n) is 3.50. The largest absolute Gasteiger partial charge is 0.373 e. The van der Waals surface area contributed by atoms with Gasteiger partial charge in [0.25, 0.3) is 0 Å². The summed E-state index contributed by atoms with van der Waals surface area (Å²) in [5.74, 6) is 0. The second-order valence-corrected chi connectivity index (χ2v) is 3.32.